The van der Waals surface area contributed by atoms with Gasteiger partial charge in [0.1, 0.15) is 0 Å². The zero-order chi connectivity index (χ0) is 20.3. The fourth-order valence-electron chi connectivity index (χ4n) is 3.53. The van der Waals surface area contributed by atoms with Crippen LogP contribution in [0.5, 0.6) is 0 Å². The van der Waals surface area contributed by atoms with E-state index in [1.807, 2.05) is 13.8 Å². The van der Waals surface area contributed by atoms with E-state index in [0.29, 0.717) is 19.4 Å². The monoisotopic (exact) mass is 404 g/mol. The van der Waals surface area contributed by atoms with Crippen LogP contribution in [0, 0.1) is 17.0 Å². The highest BCUT2D eigenvalue weighted by Gasteiger charge is 2.31. The van der Waals surface area contributed by atoms with Crippen molar-refractivity contribution in [3.05, 3.63) is 64.2 Å². The molecule has 0 radical (unpaired) electrons. The van der Waals surface area contributed by atoms with Gasteiger partial charge in [0.25, 0.3) is 15.8 Å². The van der Waals surface area contributed by atoms with E-state index in [9.17, 15) is 18.5 Å². The van der Waals surface area contributed by atoms with Crippen molar-refractivity contribution in [3.8, 4) is 0 Å². The third kappa shape index (κ3) is 4.51. The number of benzene rings is 2. The molecule has 2 unspecified atom stereocenters. The summed E-state index contributed by atoms with van der Waals surface area (Å²) in [6.07, 6.45) is 1.59. The van der Waals surface area contributed by atoms with Crippen LogP contribution < -0.4 is 4.90 Å². The Morgan fingerprint density at radius 1 is 1.14 bits per heavy atom. The summed E-state index contributed by atoms with van der Waals surface area (Å²) in [5, 5.41) is 10.8. The zero-order valence-corrected chi connectivity index (χ0v) is 16.8. The quantitative estimate of drug-likeness (QED) is 0.410. The molecule has 3 rings (SSSR count). The van der Waals surface area contributed by atoms with Crippen LogP contribution in [0.25, 0.3) is 0 Å². The van der Waals surface area contributed by atoms with E-state index in [0.717, 1.165) is 17.7 Å². The number of hydrogen-bond acceptors (Lipinski definition) is 6. The highest BCUT2D eigenvalue weighted by Crippen LogP contribution is 2.30. The maximum atomic E-state index is 12.6. The van der Waals surface area contributed by atoms with Crippen LogP contribution in [0.3, 0.4) is 0 Å². The van der Waals surface area contributed by atoms with Crippen molar-refractivity contribution in [2.75, 3.05) is 11.4 Å². The van der Waals surface area contributed by atoms with Crippen LogP contribution in [0.2, 0.25) is 0 Å². The number of piperidine rings is 1. The van der Waals surface area contributed by atoms with Gasteiger partial charge in [0.05, 0.1) is 15.9 Å². The third-order valence-corrected chi connectivity index (χ3v) is 6.48. The predicted octanol–water partition coefficient (Wildman–Crippen LogP) is 4.06. The molecule has 28 heavy (non-hydrogen) atoms. The largest absolute Gasteiger partial charge is 0.368 e. The molecule has 0 N–H and O–H groups in total. The van der Waals surface area contributed by atoms with E-state index in [2.05, 4.69) is 4.90 Å². The van der Waals surface area contributed by atoms with E-state index < -0.39 is 15.0 Å². The normalized spacial score (nSPS) is 20.1. The first kappa shape index (κ1) is 20.3. The van der Waals surface area contributed by atoms with Gasteiger partial charge in [0.2, 0.25) is 0 Å². The fourth-order valence-corrected chi connectivity index (χ4v) is 4.65. The lowest BCUT2D eigenvalue weighted by Gasteiger charge is -2.40. The molecule has 150 valence electrons. The zero-order valence-electron chi connectivity index (χ0n) is 15.9. The SMILES string of the molecule is CCC1CC(OS(=O)(=O)c2ccc(C)cc2)CCN1c1ccc([N+](=O)[O-])cc1. The van der Waals surface area contributed by atoms with E-state index in [1.165, 1.54) is 12.1 Å². The molecule has 8 heteroatoms. The lowest BCUT2D eigenvalue weighted by molar-refractivity contribution is -0.384. The second kappa shape index (κ2) is 8.28. The summed E-state index contributed by atoms with van der Waals surface area (Å²) in [5.41, 5.74) is 1.94. The summed E-state index contributed by atoms with van der Waals surface area (Å²) in [7, 11) is -3.80. The maximum Gasteiger partial charge on any atom is 0.297 e. The van der Waals surface area contributed by atoms with Gasteiger partial charge in [-0.25, -0.2) is 0 Å². The Morgan fingerprint density at radius 3 is 2.36 bits per heavy atom. The van der Waals surface area contributed by atoms with Gasteiger partial charge < -0.3 is 4.90 Å². The summed E-state index contributed by atoms with van der Waals surface area (Å²) in [4.78, 5) is 12.8. The molecule has 1 heterocycles. The van der Waals surface area contributed by atoms with Gasteiger partial charge in [-0.05, 0) is 50.5 Å². The number of anilines is 1. The number of nitro benzene ring substituents is 1. The molecule has 0 aliphatic carbocycles. The minimum atomic E-state index is -3.80. The Kier molecular flexibility index (Phi) is 6.00. The average Bonchev–Trinajstić information content (AvgIpc) is 2.68. The molecule has 1 aliphatic rings. The summed E-state index contributed by atoms with van der Waals surface area (Å²) in [5.74, 6) is 0. The number of nitro groups is 1. The topological polar surface area (TPSA) is 89.8 Å². The Labute approximate surface area is 165 Å². The second-order valence-corrected chi connectivity index (χ2v) is 8.61. The lowest BCUT2D eigenvalue weighted by atomic mass is 9.97. The molecule has 1 saturated heterocycles. The molecule has 2 atom stereocenters. The van der Waals surface area contributed by atoms with Crippen LogP contribution in [-0.4, -0.2) is 32.0 Å². The van der Waals surface area contributed by atoms with E-state index in [-0.39, 0.29) is 22.7 Å². The highest BCUT2D eigenvalue weighted by molar-refractivity contribution is 7.86. The fraction of sp³-hybridized carbons (Fsp3) is 0.400. The van der Waals surface area contributed by atoms with Crippen LogP contribution in [0.1, 0.15) is 31.7 Å². The standard InChI is InChI=1S/C20H24N2O5S/c1-3-16-14-19(27-28(25,26)20-10-4-15(2)5-11-20)12-13-21(16)17-6-8-18(9-7-17)22(23)24/h4-11,16,19H,3,12-14H2,1-2H3. The Bertz CT molecular complexity index is 926. The molecule has 2 aromatic rings. The number of nitrogens with zero attached hydrogens (tertiary/aromatic N) is 2. The molecule has 7 nitrogen and oxygen atoms in total. The van der Waals surface area contributed by atoms with E-state index in [4.69, 9.17) is 4.18 Å². The van der Waals surface area contributed by atoms with Gasteiger partial charge >= 0.3 is 0 Å². The van der Waals surface area contributed by atoms with Crippen molar-refractivity contribution < 1.29 is 17.5 Å². The molecule has 0 saturated carbocycles. The molecule has 0 aromatic heterocycles. The predicted molar refractivity (Wildman–Crippen MR) is 107 cm³/mol. The number of hydrogen-bond donors (Lipinski definition) is 0. The van der Waals surface area contributed by atoms with Gasteiger partial charge in [-0.2, -0.15) is 8.42 Å². The first-order valence-electron chi connectivity index (χ1n) is 9.31. The van der Waals surface area contributed by atoms with Crippen molar-refractivity contribution >= 4 is 21.5 Å². The minimum absolute atomic E-state index is 0.0548. The number of aryl methyl sites for hydroxylation is 1. The van der Waals surface area contributed by atoms with Crippen LogP contribution in [0.4, 0.5) is 11.4 Å². The average molecular weight is 404 g/mol. The maximum absolute atomic E-state index is 12.6. The van der Waals surface area contributed by atoms with Crippen molar-refractivity contribution in [2.24, 2.45) is 0 Å². The number of non-ortho nitro benzene ring substituents is 1. The molecule has 2 aromatic carbocycles. The summed E-state index contributed by atoms with van der Waals surface area (Å²) < 4.78 is 30.6. The van der Waals surface area contributed by atoms with E-state index in [1.54, 1.807) is 36.4 Å². The molecule has 1 fully saturated rings. The minimum Gasteiger partial charge on any atom is -0.368 e. The van der Waals surface area contributed by atoms with E-state index >= 15 is 0 Å². The summed E-state index contributed by atoms with van der Waals surface area (Å²) >= 11 is 0. The number of rotatable bonds is 6. The van der Waals surface area contributed by atoms with Gasteiger partial charge in [-0.1, -0.05) is 24.6 Å². The van der Waals surface area contributed by atoms with Crippen LogP contribution in [0.15, 0.2) is 53.4 Å². The Balaban J connectivity index is 1.70. The van der Waals surface area contributed by atoms with Crippen molar-refractivity contribution in [2.45, 2.75) is 50.2 Å². The second-order valence-electron chi connectivity index (χ2n) is 7.04. The van der Waals surface area contributed by atoms with Crippen LogP contribution in [-0.2, 0) is 14.3 Å². The smallest absolute Gasteiger partial charge is 0.297 e. The molecule has 0 spiro atoms. The Hall–Kier alpha value is -2.45. The molecule has 0 amide bonds. The van der Waals surface area contributed by atoms with Crippen molar-refractivity contribution in [1.29, 1.82) is 0 Å². The first-order valence-corrected chi connectivity index (χ1v) is 10.7. The highest BCUT2D eigenvalue weighted by atomic mass is 32.2. The molecule has 1 aliphatic heterocycles. The van der Waals surface area contributed by atoms with Gasteiger partial charge in [-0.3, -0.25) is 14.3 Å². The third-order valence-electron chi connectivity index (χ3n) is 5.10. The Morgan fingerprint density at radius 2 is 1.79 bits per heavy atom. The van der Waals surface area contributed by atoms with Gasteiger partial charge in [0, 0.05) is 30.4 Å². The molecule has 0 bridgehead atoms. The van der Waals surface area contributed by atoms with Crippen molar-refractivity contribution in [3.63, 3.8) is 0 Å². The van der Waals surface area contributed by atoms with Gasteiger partial charge in [0.15, 0.2) is 0 Å². The van der Waals surface area contributed by atoms with Crippen molar-refractivity contribution in [1.82, 2.24) is 0 Å². The first-order chi connectivity index (χ1) is 13.3. The van der Waals surface area contributed by atoms with Gasteiger partial charge in [-0.15, -0.1) is 0 Å². The lowest BCUT2D eigenvalue weighted by Crippen LogP contribution is -2.45. The summed E-state index contributed by atoms with van der Waals surface area (Å²) in [6, 6.07) is 13.2. The molecular weight excluding hydrogens is 380 g/mol. The van der Waals surface area contributed by atoms with Crippen LogP contribution >= 0.6 is 0 Å². The molecular formula is C20H24N2O5S. The summed E-state index contributed by atoms with van der Waals surface area (Å²) in [6.45, 7) is 4.57.